The van der Waals surface area contributed by atoms with Gasteiger partial charge in [-0.3, -0.25) is 14.4 Å². The summed E-state index contributed by atoms with van der Waals surface area (Å²) in [6.07, 6.45) is 5.70. The maximum atomic E-state index is 13.8. The second-order valence-electron chi connectivity index (χ2n) is 9.41. The first-order valence-electron chi connectivity index (χ1n) is 12.0. The molecule has 1 aliphatic rings. The van der Waals surface area contributed by atoms with E-state index in [0.717, 1.165) is 42.8 Å². The molecule has 1 atom stereocenters. The molecule has 1 aliphatic carbocycles. The fourth-order valence-electron chi connectivity index (χ4n) is 4.38. The lowest BCUT2D eigenvalue weighted by atomic mass is 9.94. The number of nitrogens with two attached hydrogens (primary N) is 2. The third-order valence-electron chi connectivity index (χ3n) is 6.25. The number of amides is 3. The highest BCUT2D eigenvalue weighted by atomic mass is 32.1. The number of benzene rings is 1. The van der Waals surface area contributed by atoms with Gasteiger partial charge in [-0.15, -0.1) is 0 Å². The molecule has 1 fully saturated rings. The van der Waals surface area contributed by atoms with Gasteiger partial charge in [0.15, 0.2) is 5.69 Å². The predicted octanol–water partition coefficient (Wildman–Crippen LogP) is 3.34. The number of nitrogens with zero attached hydrogens (tertiary/aromatic N) is 2. The van der Waals surface area contributed by atoms with Gasteiger partial charge < -0.3 is 26.4 Å². The van der Waals surface area contributed by atoms with Crippen LogP contribution in [-0.4, -0.2) is 46.2 Å². The zero-order valence-electron chi connectivity index (χ0n) is 20.6. The number of primary amides is 1. The normalized spacial score (nSPS) is 15.0. The van der Waals surface area contributed by atoms with Crippen molar-refractivity contribution < 1.29 is 19.1 Å². The summed E-state index contributed by atoms with van der Waals surface area (Å²) >= 11 is 0.822. The minimum absolute atomic E-state index is 0.0526. The number of carbonyl (C=O) groups excluding carboxylic acids is 3. The molecule has 3 rings (SSSR count). The summed E-state index contributed by atoms with van der Waals surface area (Å²) in [6, 6.07) is 6.72. The van der Waals surface area contributed by atoms with Gasteiger partial charge in [-0.1, -0.05) is 45.2 Å². The molecule has 190 valence electrons. The Morgan fingerprint density at radius 3 is 2.37 bits per heavy atom. The number of hydrogen-bond donors (Lipinski definition) is 3. The lowest BCUT2D eigenvalue weighted by molar-refractivity contribution is -0.127. The molecule has 5 N–H and O–H groups in total. The highest BCUT2D eigenvalue weighted by Crippen LogP contribution is 2.27. The molecule has 0 bridgehead atoms. The molecule has 1 aromatic heterocycles. The number of nitrogens with one attached hydrogen (secondary N) is 1. The number of ether oxygens (including phenoxy) is 1. The van der Waals surface area contributed by atoms with Gasteiger partial charge in [0.1, 0.15) is 16.7 Å². The lowest BCUT2D eigenvalue weighted by Gasteiger charge is -2.34. The van der Waals surface area contributed by atoms with Crippen molar-refractivity contribution >= 4 is 34.9 Å². The van der Waals surface area contributed by atoms with Gasteiger partial charge in [-0.05, 0) is 54.4 Å². The zero-order valence-corrected chi connectivity index (χ0v) is 21.4. The maximum absolute atomic E-state index is 13.8. The summed E-state index contributed by atoms with van der Waals surface area (Å²) in [4.78, 5) is 40.7. The SMILES string of the molecule is COc1ccc(CN(C(=O)c2snc(C(N)=O)c2N)[C@H](CC(C)C)C(=O)NC2CCCCC2)cc1. The van der Waals surface area contributed by atoms with E-state index in [1.165, 1.54) is 11.3 Å². The van der Waals surface area contributed by atoms with Crippen molar-refractivity contribution in [3.05, 3.63) is 40.4 Å². The Kier molecular flexibility index (Phi) is 9.08. The van der Waals surface area contributed by atoms with Crippen LogP contribution in [0.5, 0.6) is 5.75 Å². The van der Waals surface area contributed by atoms with Crippen LogP contribution in [0.2, 0.25) is 0 Å². The largest absolute Gasteiger partial charge is 0.497 e. The summed E-state index contributed by atoms with van der Waals surface area (Å²) in [7, 11) is 1.59. The maximum Gasteiger partial charge on any atom is 0.270 e. The molecule has 0 aliphatic heterocycles. The van der Waals surface area contributed by atoms with E-state index in [4.69, 9.17) is 16.2 Å². The Bertz CT molecular complexity index is 1030. The van der Waals surface area contributed by atoms with Crippen molar-refractivity contribution in [2.75, 3.05) is 12.8 Å². The van der Waals surface area contributed by atoms with Crippen molar-refractivity contribution in [1.82, 2.24) is 14.6 Å². The molecular formula is C25H35N5O4S. The number of carbonyl (C=O) groups is 3. The summed E-state index contributed by atoms with van der Waals surface area (Å²) in [6.45, 7) is 4.22. The fourth-order valence-corrected chi connectivity index (χ4v) is 5.14. The van der Waals surface area contributed by atoms with Gasteiger partial charge in [0.2, 0.25) is 5.91 Å². The monoisotopic (exact) mass is 501 g/mol. The van der Waals surface area contributed by atoms with Crippen molar-refractivity contribution in [1.29, 1.82) is 0 Å². The minimum atomic E-state index is -0.798. The van der Waals surface area contributed by atoms with Gasteiger partial charge in [-0.25, -0.2) is 0 Å². The molecule has 9 nitrogen and oxygen atoms in total. The number of hydrogen-bond acceptors (Lipinski definition) is 7. The van der Waals surface area contributed by atoms with Gasteiger partial charge in [0.25, 0.3) is 11.8 Å². The Balaban J connectivity index is 1.97. The van der Waals surface area contributed by atoms with Crippen LogP contribution in [0.15, 0.2) is 24.3 Å². The summed E-state index contributed by atoms with van der Waals surface area (Å²) in [5.41, 5.74) is 12.1. The van der Waals surface area contributed by atoms with E-state index in [2.05, 4.69) is 9.69 Å². The number of nitrogen functional groups attached to an aromatic ring is 1. The van der Waals surface area contributed by atoms with Crippen LogP contribution < -0.4 is 21.5 Å². The molecule has 0 spiro atoms. The van der Waals surface area contributed by atoms with E-state index in [-0.39, 0.29) is 40.7 Å². The second kappa shape index (κ2) is 12.0. The van der Waals surface area contributed by atoms with Gasteiger partial charge in [0.05, 0.1) is 12.8 Å². The van der Waals surface area contributed by atoms with Gasteiger partial charge >= 0.3 is 0 Å². The van der Waals surface area contributed by atoms with Crippen molar-refractivity contribution in [3.8, 4) is 5.75 Å². The van der Waals surface area contributed by atoms with Crippen LogP contribution in [0, 0.1) is 5.92 Å². The van der Waals surface area contributed by atoms with E-state index < -0.39 is 17.9 Å². The quantitative estimate of drug-likeness (QED) is 0.456. The highest BCUT2D eigenvalue weighted by Gasteiger charge is 2.35. The van der Waals surface area contributed by atoms with Crippen LogP contribution in [-0.2, 0) is 11.3 Å². The number of rotatable bonds is 10. The number of methoxy groups -OCH3 is 1. The van der Waals surface area contributed by atoms with Crippen LogP contribution in [0.1, 0.15) is 78.1 Å². The predicted molar refractivity (Wildman–Crippen MR) is 136 cm³/mol. The number of aromatic nitrogens is 1. The highest BCUT2D eigenvalue weighted by molar-refractivity contribution is 7.09. The zero-order chi connectivity index (χ0) is 25.5. The molecule has 0 unspecified atom stereocenters. The van der Waals surface area contributed by atoms with Crippen LogP contribution in [0.3, 0.4) is 0 Å². The van der Waals surface area contributed by atoms with Crippen LogP contribution >= 0.6 is 11.5 Å². The van der Waals surface area contributed by atoms with Crippen molar-refractivity contribution in [2.45, 2.75) is 71.0 Å². The van der Waals surface area contributed by atoms with Gasteiger partial charge in [0, 0.05) is 12.6 Å². The first-order chi connectivity index (χ1) is 16.7. The topological polar surface area (TPSA) is 141 Å². The minimum Gasteiger partial charge on any atom is -0.497 e. The lowest BCUT2D eigenvalue weighted by Crippen LogP contribution is -2.52. The molecule has 10 heteroatoms. The van der Waals surface area contributed by atoms with Crippen molar-refractivity contribution in [3.63, 3.8) is 0 Å². The molecule has 0 saturated heterocycles. The number of anilines is 1. The molecule has 35 heavy (non-hydrogen) atoms. The summed E-state index contributed by atoms with van der Waals surface area (Å²) < 4.78 is 9.23. The first kappa shape index (κ1) is 26.5. The van der Waals surface area contributed by atoms with Gasteiger partial charge in [-0.2, -0.15) is 4.37 Å². The molecule has 1 aromatic carbocycles. The third kappa shape index (κ3) is 6.72. The van der Waals surface area contributed by atoms with Crippen LogP contribution in [0.25, 0.3) is 0 Å². The van der Waals surface area contributed by atoms with E-state index in [1.807, 2.05) is 38.1 Å². The Labute approximate surface area is 210 Å². The fraction of sp³-hybridized carbons (Fsp3) is 0.520. The molecule has 1 saturated carbocycles. The van der Waals surface area contributed by atoms with E-state index in [1.54, 1.807) is 7.11 Å². The average Bonchev–Trinajstić information content (AvgIpc) is 3.23. The Morgan fingerprint density at radius 2 is 1.83 bits per heavy atom. The Hall–Kier alpha value is -3.14. The Morgan fingerprint density at radius 1 is 1.17 bits per heavy atom. The smallest absolute Gasteiger partial charge is 0.270 e. The van der Waals surface area contributed by atoms with Crippen molar-refractivity contribution in [2.24, 2.45) is 11.7 Å². The van der Waals surface area contributed by atoms with E-state index in [9.17, 15) is 14.4 Å². The summed E-state index contributed by atoms with van der Waals surface area (Å²) in [5, 5.41) is 3.18. The van der Waals surface area contributed by atoms with E-state index in [0.29, 0.717) is 12.2 Å². The standard InChI is InChI=1S/C25H35N5O4S/c1-15(2)13-19(24(32)28-17-7-5-4-6-8-17)30(14-16-9-11-18(34-3)12-10-16)25(33)22-20(26)21(23(27)31)29-35-22/h9-12,15,17,19H,4-8,13-14,26H2,1-3H3,(H2,27,31)(H,28,32)/t19-/m1/s1. The first-order valence-corrected chi connectivity index (χ1v) is 12.8. The molecule has 3 amide bonds. The van der Waals surface area contributed by atoms with Crippen LogP contribution in [0.4, 0.5) is 5.69 Å². The second-order valence-corrected chi connectivity index (χ2v) is 10.2. The third-order valence-corrected chi connectivity index (χ3v) is 7.10. The molecule has 2 aromatic rings. The molecule has 0 radical (unpaired) electrons. The summed E-state index contributed by atoms with van der Waals surface area (Å²) in [5.74, 6) is -0.576. The molecule has 1 heterocycles. The van der Waals surface area contributed by atoms with E-state index >= 15 is 0 Å². The average molecular weight is 502 g/mol. The molecular weight excluding hydrogens is 466 g/mol.